The van der Waals surface area contributed by atoms with E-state index < -0.39 is 0 Å². The Kier molecular flexibility index (Phi) is 6.66. The van der Waals surface area contributed by atoms with Crippen LogP contribution in [0.3, 0.4) is 0 Å². The molecule has 0 aliphatic rings. The average molecular weight is 283 g/mol. The van der Waals surface area contributed by atoms with E-state index in [4.69, 9.17) is 4.74 Å². The van der Waals surface area contributed by atoms with Gasteiger partial charge in [-0.2, -0.15) is 0 Å². The van der Waals surface area contributed by atoms with Gasteiger partial charge in [0.2, 0.25) is 0 Å². The highest BCUT2D eigenvalue weighted by atomic mass is 16.5. The van der Waals surface area contributed by atoms with Gasteiger partial charge in [-0.3, -0.25) is 0 Å². The maximum absolute atomic E-state index is 5.57. The standard InChI is InChI=1S/C19H25NO/c1-2-16-21-19-13-11-18(12-14-19)20-15-7-6-10-17-8-4-3-5-9-17/h3-5,8-9,11-14,20H,2,6-7,10,15-16H2,1H3. The van der Waals surface area contributed by atoms with Crippen molar-refractivity contribution in [3.63, 3.8) is 0 Å². The zero-order chi connectivity index (χ0) is 14.8. The minimum Gasteiger partial charge on any atom is -0.494 e. The highest BCUT2D eigenvalue weighted by Gasteiger charge is 1.96. The lowest BCUT2D eigenvalue weighted by Gasteiger charge is -2.08. The van der Waals surface area contributed by atoms with Gasteiger partial charge in [0.1, 0.15) is 5.75 Å². The molecular weight excluding hydrogens is 258 g/mol. The Morgan fingerprint density at radius 3 is 2.38 bits per heavy atom. The second-order valence-corrected chi connectivity index (χ2v) is 5.24. The summed E-state index contributed by atoms with van der Waals surface area (Å²) in [6.07, 6.45) is 4.60. The molecule has 0 aliphatic carbocycles. The van der Waals surface area contributed by atoms with Crippen molar-refractivity contribution in [1.82, 2.24) is 0 Å². The summed E-state index contributed by atoms with van der Waals surface area (Å²) in [7, 11) is 0. The lowest BCUT2D eigenvalue weighted by molar-refractivity contribution is 0.317. The Hall–Kier alpha value is -1.96. The smallest absolute Gasteiger partial charge is 0.119 e. The predicted molar refractivity (Wildman–Crippen MR) is 90.1 cm³/mol. The van der Waals surface area contributed by atoms with Crippen LogP contribution in [0.2, 0.25) is 0 Å². The van der Waals surface area contributed by atoms with E-state index in [0.717, 1.165) is 31.7 Å². The SMILES string of the molecule is CCCOc1ccc(NCCCCc2ccccc2)cc1. The van der Waals surface area contributed by atoms with Gasteiger partial charge in [0, 0.05) is 12.2 Å². The maximum atomic E-state index is 5.57. The molecule has 112 valence electrons. The van der Waals surface area contributed by atoms with Crippen molar-refractivity contribution in [1.29, 1.82) is 0 Å². The topological polar surface area (TPSA) is 21.3 Å². The molecule has 0 aliphatic heterocycles. The normalized spacial score (nSPS) is 10.3. The van der Waals surface area contributed by atoms with Crippen LogP contribution in [0.15, 0.2) is 54.6 Å². The van der Waals surface area contributed by atoms with Gasteiger partial charge in [0.05, 0.1) is 6.61 Å². The summed E-state index contributed by atoms with van der Waals surface area (Å²) < 4.78 is 5.57. The van der Waals surface area contributed by atoms with Crippen LogP contribution in [0.1, 0.15) is 31.7 Å². The lowest BCUT2D eigenvalue weighted by atomic mass is 10.1. The summed E-state index contributed by atoms with van der Waals surface area (Å²) in [6.45, 7) is 3.92. The minimum absolute atomic E-state index is 0.784. The Labute approximate surface area is 128 Å². The maximum Gasteiger partial charge on any atom is 0.119 e. The van der Waals surface area contributed by atoms with E-state index in [9.17, 15) is 0 Å². The summed E-state index contributed by atoms with van der Waals surface area (Å²) in [6, 6.07) is 18.9. The van der Waals surface area contributed by atoms with E-state index in [2.05, 4.69) is 54.7 Å². The number of hydrogen-bond acceptors (Lipinski definition) is 2. The molecule has 21 heavy (non-hydrogen) atoms. The second kappa shape index (κ2) is 9.06. The van der Waals surface area contributed by atoms with E-state index in [-0.39, 0.29) is 0 Å². The third-order valence-corrected chi connectivity index (χ3v) is 3.39. The van der Waals surface area contributed by atoms with Gasteiger partial charge in [-0.1, -0.05) is 37.3 Å². The molecule has 2 nitrogen and oxygen atoms in total. The van der Waals surface area contributed by atoms with Gasteiger partial charge in [-0.05, 0) is 55.5 Å². The fourth-order valence-electron chi connectivity index (χ4n) is 2.22. The van der Waals surface area contributed by atoms with Crippen LogP contribution < -0.4 is 10.1 Å². The molecule has 2 aromatic rings. The van der Waals surface area contributed by atoms with Crippen LogP contribution in [-0.4, -0.2) is 13.2 Å². The van der Waals surface area contributed by atoms with Crippen molar-refractivity contribution in [2.45, 2.75) is 32.6 Å². The lowest BCUT2D eigenvalue weighted by Crippen LogP contribution is -2.02. The first-order valence-electron chi connectivity index (χ1n) is 7.89. The molecule has 0 atom stereocenters. The first-order chi connectivity index (χ1) is 10.4. The van der Waals surface area contributed by atoms with Crippen molar-refractivity contribution in [2.24, 2.45) is 0 Å². The largest absolute Gasteiger partial charge is 0.494 e. The minimum atomic E-state index is 0.784. The third kappa shape index (κ3) is 5.90. The number of unbranched alkanes of at least 4 members (excludes halogenated alkanes) is 1. The zero-order valence-electron chi connectivity index (χ0n) is 12.8. The van der Waals surface area contributed by atoms with E-state index in [1.165, 1.54) is 24.1 Å². The zero-order valence-corrected chi connectivity index (χ0v) is 12.8. The second-order valence-electron chi connectivity index (χ2n) is 5.24. The average Bonchev–Trinajstić information content (AvgIpc) is 2.55. The van der Waals surface area contributed by atoms with Crippen molar-refractivity contribution in [2.75, 3.05) is 18.5 Å². The van der Waals surface area contributed by atoms with Gasteiger partial charge in [-0.15, -0.1) is 0 Å². The van der Waals surface area contributed by atoms with E-state index >= 15 is 0 Å². The molecule has 2 heteroatoms. The van der Waals surface area contributed by atoms with E-state index in [1.807, 2.05) is 12.1 Å². The number of benzene rings is 2. The Balaban J connectivity index is 1.62. The van der Waals surface area contributed by atoms with Crippen molar-refractivity contribution >= 4 is 5.69 Å². The van der Waals surface area contributed by atoms with Crippen LogP contribution in [-0.2, 0) is 6.42 Å². The van der Waals surface area contributed by atoms with Crippen molar-refractivity contribution < 1.29 is 4.74 Å². The van der Waals surface area contributed by atoms with Crippen molar-refractivity contribution in [3.05, 3.63) is 60.2 Å². The molecule has 1 N–H and O–H groups in total. The molecular formula is C19H25NO. The predicted octanol–water partition coefficient (Wildman–Crippen LogP) is 4.91. The molecule has 0 fully saturated rings. The summed E-state index contributed by atoms with van der Waals surface area (Å²) in [5.74, 6) is 0.950. The van der Waals surface area contributed by atoms with Crippen LogP contribution in [0.25, 0.3) is 0 Å². The van der Waals surface area contributed by atoms with Gasteiger partial charge in [0.15, 0.2) is 0 Å². The highest BCUT2D eigenvalue weighted by molar-refractivity contribution is 5.46. The monoisotopic (exact) mass is 283 g/mol. The third-order valence-electron chi connectivity index (χ3n) is 3.39. The van der Waals surface area contributed by atoms with Gasteiger partial charge in [0.25, 0.3) is 0 Å². The first kappa shape index (κ1) is 15.4. The molecule has 0 bridgehead atoms. The van der Waals surface area contributed by atoms with Crippen LogP contribution in [0, 0.1) is 0 Å². The molecule has 0 radical (unpaired) electrons. The van der Waals surface area contributed by atoms with E-state index in [0.29, 0.717) is 0 Å². The molecule has 0 saturated carbocycles. The fourth-order valence-corrected chi connectivity index (χ4v) is 2.22. The molecule has 2 aromatic carbocycles. The quantitative estimate of drug-likeness (QED) is 0.660. The molecule has 0 spiro atoms. The Morgan fingerprint density at radius 2 is 1.67 bits per heavy atom. The van der Waals surface area contributed by atoms with Gasteiger partial charge < -0.3 is 10.1 Å². The molecule has 0 aromatic heterocycles. The number of rotatable bonds is 9. The van der Waals surface area contributed by atoms with Gasteiger partial charge in [-0.25, -0.2) is 0 Å². The summed E-state index contributed by atoms with van der Waals surface area (Å²) >= 11 is 0. The number of nitrogens with one attached hydrogen (secondary N) is 1. The van der Waals surface area contributed by atoms with E-state index in [1.54, 1.807) is 0 Å². The number of aryl methyl sites for hydroxylation is 1. The number of hydrogen-bond donors (Lipinski definition) is 1. The summed E-state index contributed by atoms with van der Waals surface area (Å²) in [5.41, 5.74) is 2.59. The molecule has 0 amide bonds. The number of ether oxygens (including phenoxy) is 1. The molecule has 0 saturated heterocycles. The van der Waals surface area contributed by atoms with Crippen LogP contribution in [0.5, 0.6) is 5.75 Å². The summed E-state index contributed by atoms with van der Waals surface area (Å²) in [4.78, 5) is 0. The first-order valence-corrected chi connectivity index (χ1v) is 7.89. The molecule has 0 unspecified atom stereocenters. The Bertz CT molecular complexity index is 493. The highest BCUT2D eigenvalue weighted by Crippen LogP contribution is 2.16. The van der Waals surface area contributed by atoms with Crippen molar-refractivity contribution in [3.8, 4) is 5.75 Å². The van der Waals surface area contributed by atoms with Crippen LogP contribution in [0.4, 0.5) is 5.69 Å². The number of anilines is 1. The molecule has 0 heterocycles. The van der Waals surface area contributed by atoms with Gasteiger partial charge >= 0.3 is 0 Å². The Morgan fingerprint density at radius 1 is 0.905 bits per heavy atom. The fraction of sp³-hybridized carbons (Fsp3) is 0.368. The summed E-state index contributed by atoms with van der Waals surface area (Å²) in [5, 5.41) is 3.46. The molecule has 2 rings (SSSR count). The van der Waals surface area contributed by atoms with Crippen LogP contribution >= 0.6 is 0 Å².